The maximum atomic E-state index is 13.2. The number of carbonyl (C=O) groups excluding carboxylic acids is 1. The van der Waals surface area contributed by atoms with Crippen LogP contribution in [0.5, 0.6) is 0 Å². The van der Waals surface area contributed by atoms with Crippen molar-refractivity contribution in [2.24, 2.45) is 0 Å². The standard InChI is InChI=1S/C20H18ClF3N4OS/c1-3-28-18(13-6-4-5-12(2)9-13)26-27-19(28)30-11-17(29)25-16-8-7-14(21)10-15(16)20(22,23)24/h4-10H,3,11H2,1-2H3,(H,25,29). The molecule has 0 aliphatic rings. The minimum atomic E-state index is -4.63. The molecule has 10 heteroatoms. The van der Waals surface area contributed by atoms with Gasteiger partial charge in [0, 0.05) is 17.1 Å². The van der Waals surface area contributed by atoms with E-state index in [2.05, 4.69) is 15.5 Å². The first-order valence-corrected chi connectivity index (χ1v) is 10.3. The molecular weight excluding hydrogens is 437 g/mol. The summed E-state index contributed by atoms with van der Waals surface area (Å²) in [5.41, 5.74) is 0.647. The van der Waals surface area contributed by atoms with Gasteiger partial charge in [0.2, 0.25) is 5.91 Å². The van der Waals surface area contributed by atoms with Crippen LogP contribution in [-0.4, -0.2) is 26.4 Å². The zero-order valence-electron chi connectivity index (χ0n) is 16.1. The number of aromatic nitrogens is 3. The first kappa shape index (κ1) is 22.2. The highest BCUT2D eigenvalue weighted by atomic mass is 35.5. The number of halogens is 4. The summed E-state index contributed by atoms with van der Waals surface area (Å²) in [5, 5.41) is 11.1. The molecule has 0 saturated carbocycles. The molecule has 1 amide bonds. The summed E-state index contributed by atoms with van der Waals surface area (Å²) in [6.07, 6.45) is -4.63. The number of nitrogens with one attached hydrogen (secondary N) is 1. The normalized spacial score (nSPS) is 11.5. The van der Waals surface area contributed by atoms with E-state index in [9.17, 15) is 18.0 Å². The fourth-order valence-corrected chi connectivity index (χ4v) is 3.83. The van der Waals surface area contributed by atoms with E-state index in [-0.39, 0.29) is 16.5 Å². The van der Waals surface area contributed by atoms with Crippen LogP contribution in [0.25, 0.3) is 11.4 Å². The van der Waals surface area contributed by atoms with Crippen LogP contribution in [-0.2, 0) is 17.5 Å². The average Bonchev–Trinajstić information content (AvgIpc) is 3.10. The van der Waals surface area contributed by atoms with Crippen molar-refractivity contribution in [3.05, 3.63) is 58.6 Å². The van der Waals surface area contributed by atoms with E-state index in [0.29, 0.717) is 17.5 Å². The van der Waals surface area contributed by atoms with Crippen molar-refractivity contribution in [3.63, 3.8) is 0 Å². The largest absolute Gasteiger partial charge is 0.418 e. The molecule has 0 atom stereocenters. The van der Waals surface area contributed by atoms with E-state index >= 15 is 0 Å². The molecule has 1 N–H and O–H groups in total. The third kappa shape index (κ3) is 5.14. The van der Waals surface area contributed by atoms with Crippen molar-refractivity contribution >= 4 is 35.0 Å². The first-order valence-electron chi connectivity index (χ1n) is 8.98. The Morgan fingerprint density at radius 2 is 1.97 bits per heavy atom. The van der Waals surface area contributed by atoms with Crippen molar-refractivity contribution < 1.29 is 18.0 Å². The van der Waals surface area contributed by atoms with Gasteiger partial charge in [-0.1, -0.05) is 47.1 Å². The molecule has 0 aliphatic carbocycles. The fraction of sp³-hybridized carbons (Fsp3) is 0.250. The fourth-order valence-electron chi connectivity index (χ4n) is 2.85. The predicted molar refractivity (Wildman–Crippen MR) is 112 cm³/mol. The van der Waals surface area contributed by atoms with E-state index in [0.717, 1.165) is 35.0 Å². The number of aryl methyl sites for hydroxylation is 1. The molecule has 3 aromatic rings. The number of anilines is 1. The van der Waals surface area contributed by atoms with Crippen LogP contribution in [0, 0.1) is 6.92 Å². The smallest absolute Gasteiger partial charge is 0.325 e. The summed E-state index contributed by atoms with van der Waals surface area (Å²) in [6, 6.07) is 11.0. The number of alkyl halides is 3. The lowest BCUT2D eigenvalue weighted by Gasteiger charge is -2.14. The lowest BCUT2D eigenvalue weighted by Crippen LogP contribution is -2.18. The summed E-state index contributed by atoms with van der Waals surface area (Å²) in [7, 11) is 0. The number of thioether (sulfide) groups is 1. The molecule has 3 rings (SSSR count). The first-order chi connectivity index (χ1) is 14.2. The molecule has 0 radical (unpaired) electrons. The van der Waals surface area contributed by atoms with E-state index < -0.39 is 17.6 Å². The van der Waals surface area contributed by atoms with Gasteiger partial charge >= 0.3 is 6.18 Å². The highest BCUT2D eigenvalue weighted by molar-refractivity contribution is 7.99. The summed E-state index contributed by atoms with van der Waals surface area (Å²) < 4.78 is 41.4. The lowest BCUT2D eigenvalue weighted by molar-refractivity contribution is -0.137. The van der Waals surface area contributed by atoms with Crippen molar-refractivity contribution in [3.8, 4) is 11.4 Å². The third-order valence-corrected chi connectivity index (χ3v) is 5.40. The van der Waals surface area contributed by atoms with Gasteiger partial charge in [0.05, 0.1) is 17.0 Å². The number of benzene rings is 2. The molecule has 2 aromatic carbocycles. The quantitative estimate of drug-likeness (QED) is 0.487. The van der Waals surface area contributed by atoms with Gasteiger partial charge in [0.25, 0.3) is 0 Å². The van der Waals surface area contributed by atoms with Gasteiger partial charge in [-0.25, -0.2) is 0 Å². The molecule has 158 valence electrons. The molecule has 0 spiro atoms. The van der Waals surface area contributed by atoms with Crippen LogP contribution in [0.2, 0.25) is 5.02 Å². The Labute approximate surface area is 180 Å². The topological polar surface area (TPSA) is 59.8 Å². The van der Waals surface area contributed by atoms with Gasteiger partial charge < -0.3 is 9.88 Å². The number of hydrogen-bond acceptors (Lipinski definition) is 4. The minimum Gasteiger partial charge on any atom is -0.325 e. The van der Waals surface area contributed by atoms with Crippen LogP contribution in [0.15, 0.2) is 47.6 Å². The van der Waals surface area contributed by atoms with Crippen molar-refractivity contribution in [1.82, 2.24) is 14.8 Å². The van der Waals surface area contributed by atoms with Gasteiger partial charge in [0.1, 0.15) is 0 Å². The second kappa shape index (κ2) is 9.09. The van der Waals surface area contributed by atoms with Gasteiger partial charge in [-0.05, 0) is 38.1 Å². The maximum absolute atomic E-state index is 13.2. The van der Waals surface area contributed by atoms with Crippen molar-refractivity contribution in [1.29, 1.82) is 0 Å². The zero-order valence-corrected chi connectivity index (χ0v) is 17.7. The van der Waals surface area contributed by atoms with Crippen molar-refractivity contribution in [2.75, 3.05) is 11.1 Å². The molecule has 1 aromatic heterocycles. The van der Waals surface area contributed by atoms with Crippen LogP contribution < -0.4 is 5.32 Å². The van der Waals surface area contributed by atoms with Gasteiger partial charge in [-0.15, -0.1) is 10.2 Å². The van der Waals surface area contributed by atoms with Gasteiger partial charge in [-0.3, -0.25) is 4.79 Å². The molecule has 0 bridgehead atoms. The van der Waals surface area contributed by atoms with Gasteiger partial charge in [0.15, 0.2) is 11.0 Å². The Balaban J connectivity index is 1.73. The molecule has 0 saturated heterocycles. The highest BCUT2D eigenvalue weighted by Gasteiger charge is 2.34. The summed E-state index contributed by atoms with van der Waals surface area (Å²) >= 11 is 6.77. The molecule has 0 unspecified atom stereocenters. The number of carbonyl (C=O) groups is 1. The SMILES string of the molecule is CCn1c(SCC(=O)Nc2ccc(Cl)cc2C(F)(F)F)nnc1-c1cccc(C)c1. The number of nitrogens with zero attached hydrogens (tertiary/aromatic N) is 3. The predicted octanol–water partition coefficient (Wildman–Crippen LogP) is 5.68. The summed E-state index contributed by atoms with van der Waals surface area (Å²) in [5.74, 6) is -0.0388. The van der Waals surface area contributed by atoms with Crippen LogP contribution in [0.1, 0.15) is 18.1 Å². The molecule has 0 fully saturated rings. The Hall–Kier alpha value is -2.52. The molecule has 30 heavy (non-hydrogen) atoms. The maximum Gasteiger partial charge on any atom is 0.418 e. The Bertz CT molecular complexity index is 1070. The molecular formula is C20H18ClF3N4OS. The van der Waals surface area contributed by atoms with E-state index in [1.807, 2.05) is 42.7 Å². The van der Waals surface area contributed by atoms with E-state index in [1.54, 1.807) is 0 Å². The Morgan fingerprint density at radius 3 is 2.63 bits per heavy atom. The van der Waals surface area contributed by atoms with E-state index in [4.69, 9.17) is 11.6 Å². The second-order valence-electron chi connectivity index (χ2n) is 6.44. The van der Waals surface area contributed by atoms with E-state index in [1.165, 1.54) is 6.07 Å². The monoisotopic (exact) mass is 454 g/mol. The second-order valence-corrected chi connectivity index (χ2v) is 7.82. The Kier molecular flexibility index (Phi) is 6.72. The molecule has 5 nitrogen and oxygen atoms in total. The molecule has 1 heterocycles. The highest BCUT2D eigenvalue weighted by Crippen LogP contribution is 2.36. The summed E-state index contributed by atoms with van der Waals surface area (Å²) in [4.78, 5) is 12.3. The number of amides is 1. The number of hydrogen-bond donors (Lipinski definition) is 1. The Morgan fingerprint density at radius 1 is 1.20 bits per heavy atom. The van der Waals surface area contributed by atoms with Crippen LogP contribution in [0.3, 0.4) is 0 Å². The molecule has 0 aliphatic heterocycles. The van der Waals surface area contributed by atoms with Crippen LogP contribution in [0.4, 0.5) is 18.9 Å². The third-order valence-electron chi connectivity index (χ3n) is 4.20. The minimum absolute atomic E-state index is 0.0607. The number of rotatable bonds is 6. The summed E-state index contributed by atoms with van der Waals surface area (Å²) in [6.45, 7) is 4.48. The van der Waals surface area contributed by atoms with Crippen LogP contribution >= 0.6 is 23.4 Å². The lowest BCUT2D eigenvalue weighted by atomic mass is 10.1. The average molecular weight is 455 g/mol. The zero-order chi connectivity index (χ0) is 21.9. The van der Waals surface area contributed by atoms with Crippen molar-refractivity contribution in [2.45, 2.75) is 31.7 Å². The van der Waals surface area contributed by atoms with Gasteiger partial charge in [-0.2, -0.15) is 13.2 Å².